The molecule has 0 heterocycles. The monoisotopic (exact) mass is 376 g/mol. The van der Waals surface area contributed by atoms with Crippen LogP contribution >= 0.6 is 11.6 Å². The molecular weight excluding hydrogens is 360 g/mol. The molecule has 1 N–H and O–H groups in total. The van der Waals surface area contributed by atoms with Gasteiger partial charge in [-0.2, -0.15) is 0 Å². The summed E-state index contributed by atoms with van der Waals surface area (Å²) in [6.45, 7) is 0.296. The first-order valence-corrected chi connectivity index (χ1v) is 7.93. The third-order valence-corrected chi connectivity index (χ3v) is 3.83. The molecule has 0 atom stereocenters. The fourth-order valence-electron chi connectivity index (χ4n) is 2.18. The Morgan fingerprint density at radius 2 is 1.92 bits per heavy atom. The lowest BCUT2D eigenvalue weighted by molar-refractivity contribution is -0.384. The van der Waals surface area contributed by atoms with Crippen molar-refractivity contribution >= 4 is 29.3 Å². The highest BCUT2D eigenvalue weighted by atomic mass is 35.5. The number of halogens is 1. The summed E-state index contributed by atoms with van der Waals surface area (Å²) in [6.07, 6.45) is 2.78. The average molecular weight is 377 g/mol. The largest absolute Gasteiger partial charge is 0.493 e. The molecule has 0 aliphatic heterocycles. The van der Waals surface area contributed by atoms with Gasteiger partial charge in [0.15, 0.2) is 11.5 Å². The molecule has 0 saturated carbocycles. The van der Waals surface area contributed by atoms with Gasteiger partial charge >= 0.3 is 0 Å². The molecule has 136 valence electrons. The van der Waals surface area contributed by atoms with Crippen LogP contribution in [0.15, 0.2) is 42.5 Å². The molecule has 0 aliphatic carbocycles. The van der Waals surface area contributed by atoms with E-state index in [4.69, 9.17) is 21.1 Å². The van der Waals surface area contributed by atoms with Crippen LogP contribution in [0.5, 0.6) is 11.5 Å². The minimum atomic E-state index is -0.573. The Morgan fingerprint density at radius 1 is 1.19 bits per heavy atom. The number of amides is 1. The first kappa shape index (κ1) is 19.3. The Hall–Kier alpha value is -3.06. The predicted octanol–water partition coefficient (Wildman–Crippen LogP) is 3.60. The molecular formula is C18H17ClN2O5. The lowest BCUT2D eigenvalue weighted by atomic mass is 10.2. The van der Waals surface area contributed by atoms with Gasteiger partial charge in [0.25, 0.3) is 5.69 Å². The number of nitrogens with one attached hydrogen (secondary N) is 1. The molecule has 2 aromatic rings. The summed E-state index contributed by atoms with van der Waals surface area (Å²) in [5, 5.41) is 13.6. The minimum Gasteiger partial charge on any atom is -0.493 e. The van der Waals surface area contributed by atoms with E-state index in [-0.39, 0.29) is 16.6 Å². The Morgan fingerprint density at radius 3 is 2.58 bits per heavy atom. The maximum Gasteiger partial charge on any atom is 0.288 e. The van der Waals surface area contributed by atoms with Crippen molar-refractivity contribution in [1.29, 1.82) is 0 Å². The van der Waals surface area contributed by atoms with Crippen LogP contribution in [0, 0.1) is 10.1 Å². The van der Waals surface area contributed by atoms with Crippen molar-refractivity contribution in [3.8, 4) is 11.5 Å². The lowest BCUT2D eigenvalue weighted by Gasteiger charge is -2.09. The molecule has 0 spiro atoms. The van der Waals surface area contributed by atoms with Crippen LogP contribution in [-0.4, -0.2) is 25.1 Å². The Kier molecular flexibility index (Phi) is 6.57. The maximum absolute atomic E-state index is 11.9. The number of rotatable bonds is 7. The lowest BCUT2D eigenvalue weighted by Crippen LogP contribution is -2.20. The second-order valence-electron chi connectivity index (χ2n) is 5.21. The number of carbonyl (C=O) groups is 1. The quantitative estimate of drug-likeness (QED) is 0.453. The normalized spacial score (nSPS) is 10.6. The second kappa shape index (κ2) is 8.87. The van der Waals surface area contributed by atoms with Gasteiger partial charge in [0.1, 0.15) is 5.02 Å². The smallest absolute Gasteiger partial charge is 0.288 e. The van der Waals surface area contributed by atoms with E-state index in [2.05, 4.69) is 5.32 Å². The van der Waals surface area contributed by atoms with Crippen LogP contribution in [-0.2, 0) is 11.3 Å². The summed E-state index contributed by atoms with van der Waals surface area (Å²) in [4.78, 5) is 22.2. The van der Waals surface area contributed by atoms with Crippen molar-refractivity contribution in [2.24, 2.45) is 0 Å². The van der Waals surface area contributed by atoms with E-state index in [9.17, 15) is 14.9 Å². The fourth-order valence-corrected chi connectivity index (χ4v) is 2.37. The minimum absolute atomic E-state index is 0.0463. The Labute approximate surface area is 155 Å². The summed E-state index contributed by atoms with van der Waals surface area (Å²) in [5.41, 5.74) is 1.13. The maximum atomic E-state index is 11.9. The molecule has 0 aliphatic rings. The van der Waals surface area contributed by atoms with Crippen molar-refractivity contribution in [2.75, 3.05) is 14.2 Å². The van der Waals surface area contributed by atoms with E-state index >= 15 is 0 Å². The SMILES string of the molecule is COc1ccc(CNC(=O)/C=C/c2ccc(Cl)c([N+](=O)[O-])c2)cc1OC. The molecule has 26 heavy (non-hydrogen) atoms. The highest BCUT2D eigenvalue weighted by molar-refractivity contribution is 6.32. The van der Waals surface area contributed by atoms with Crippen molar-refractivity contribution in [3.05, 3.63) is 68.7 Å². The van der Waals surface area contributed by atoms with E-state index in [1.54, 1.807) is 25.3 Å². The molecule has 1 amide bonds. The molecule has 0 saturated heterocycles. The van der Waals surface area contributed by atoms with Gasteiger partial charge in [-0.1, -0.05) is 23.7 Å². The number of benzene rings is 2. The molecule has 0 unspecified atom stereocenters. The number of methoxy groups -OCH3 is 2. The average Bonchev–Trinajstić information content (AvgIpc) is 2.65. The highest BCUT2D eigenvalue weighted by Crippen LogP contribution is 2.27. The number of carbonyl (C=O) groups excluding carboxylic acids is 1. The van der Waals surface area contributed by atoms with Crippen LogP contribution in [0.25, 0.3) is 6.08 Å². The van der Waals surface area contributed by atoms with Gasteiger partial charge in [-0.25, -0.2) is 0 Å². The van der Waals surface area contributed by atoms with Gasteiger partial charge in [-0.3, -0.25) is 14.9 Å². The van der Waals surface area contributed by atoms with E-state index in [0.717, 1.165) is 5.56 Å². The van der Waals surface area contributed by atoms with Crippen LogP contribution in [0.3, 0.4) is 0 Å². The van der Waals surface area contributed by atoms with Gasteiger partial charge in [0.05, 0.1) is 19.1 Å². The van der Waals surface area contributed by atoms with Crippen molar-refractivity contribution in [1.82, 2.24) is 5.32 Å². The summed E-state index contributed by atoms with van der Waals surface area (Å²) in [6, 6.07) is 9.65. The van der Waals surface area contributed by atoms with Gasteiger partial charge in [-0.05, 0) is 35.4 Å². The summed E-state index contributed by atoms with van der Waals surface area (Å²) < 4.78 is 10.4. The first-order chi connectivity index (χ1) is 12.4. The highest BCUT2D eigenvalue weighted by Gasteiger charge is 2.11. The van der Waals surface area contributed by atoms with Gasteiger partial charge in [0.2, 0.25) is 5.91 Å². The van der Waals surface area contributed by atoms with Gasteiger partial charge < -0.3 is 14.8 Å². The number of hydrogen-bond acceptors (Lipinski definition) is 5. The predicted molar refractivity (Wildman–Crippen MR) is 98.5 cm³/mol. The van der Waals surface area contributed by atoms with E-state index in [1.807, 2.05) is 6.07 Å². The number of ether oxygens (including phenoxy) is 2. The first-order valence-electron chi connectivity index (χ1n) is 7.55. The molecule has 2 aromatic carbocycles. The Bertz CT molecular complexity index is 851. The number of hydrogen-bond donors (Lipinski definition) is 1. The third kappa shape index (κ3) is 4.97. The zero-order valence-corrected chi connectivity index (χ0v) is 14.9. The standard InChI is InChI=1S/C18H17ClN2O5/c1-25-16-7-4-13(10-17(16)26-2)11-20-18(22)8-5-12-3-6-14(19)15(9-12)21(23)24/h3-10H,11H2,1-2H3,(H,20,22)/b8-5+. The molecule has 8 heteroatoms. The van der Waals surface area contributed by atoms with Crippen LogP contribution in [0.2, 0.25) is 5.02 Å². The van der Waals surface area contributed by atoms with Crippen LogP contribution in [0.4, 0.5) is 5.69 Å². The van der Waals surface area contributed by atoms with Crippen molar-refractivity contribution in [2.45, 2.75) is 6.54 Å². The molecule has 0 bridgehead atoms. The van der Waals surface area contributed by atoms with Gasteiger partial charge in [0, 0.05) is 18.7 Å². The summed E-state index contributed by atoms with van der Waals surface area (Å²) in [5.74, 6) is 0.840. The van der Waals surface area contributed by atoms with Crippen LogP contribution < -0.4 is 14.8 Å². The summed E-state index contributed by atoms with van der Waals surface area (Å²) in [7, 11) is 3.08. The molecule has 0 aromatic heterocycles. The van der Waals surface area contributed by atoms with Crippen LogP contribution in [0.1, 0.15) is 11.1 Å². The second-order valence-corrected chi connectivity index (χ2v) is 5.62. The number of nitro groups is 1. The van der Waals surface area contributed by atoms with E-state index < -0.39 is 4.92 Å². The molecule has 0 radical (unpaired) electrons. The van der Waals surface area contributed by atoms with Crippen molar-refractivity contribution in [3.63, 3.8) is 0 Å². The topological polar surface area (TPSA) is 90.7 Å². The Balaban J connectivity index is 2.00. The van der Waals surface area contributed by atoms with E-state index in [0.29, 0.717) is 23.6 Å². The zero-order chi connectivity index (χ0) is 19.1. The number of nitro benzene ring substituents is 1. The molecule has 0 fully saturated rings. The molecule has 7 nitrogen and oxygen atoms in total. The third-order valence-electron chi connectivity index (χ3n) is 3.51. The van der Waals surface area contributed by atoms with Crippen molar-refractivity contribution < 1.29 is 19.2 Å². The van der Waals surface area contributed by atoms with Gasteiger partial charge in [-0.15, -0.1) is 0 Å². The summed E-state index contributed by atoms with van der Waals surface area (Å²) >= 11 is 5.75. The molecule has 2 rings (SSSR count). The zero-order valence-electron chi connectivity index (χ0n) is 14.2. The van der Waals surface area contributed by atoms with E-state index in [1.165, 1.54) is 31.4 Å². The number of nitrogens with zero attached hydrogens (tertiary/aromatic N) is 1. The fraction of sp³-hybridized carbons (Fsp3) is 0.167.